The van der Waals surface area contributed by atoms with E-state index in [0.29, 0.717) is 12.0 Å². The van der Waals surface area contributed by atoms with E-state index in [1.54, 1.807) is 18.3 Å². The average Bonchev–Trinajstić information content (AvgIpc) is 2.55. The van der Waals surface area contributed by atoms with Gasteiger partial charge in [0, 0.05) is 43.5 Å². The maximum atomic E-state index is 13.9. The molecule has 1 aromatic heterocycles. The van der Waals surface area contributed by atoms with Crippen LogP contribution in [0.15, 0.2) is 66.5 Å². The smallest absolute Gasteiger partial charge is 0.131 e. The lowest BCUT2D eigenvalue weighted by atomic mass is 9.86. The molecule has 3 nitrogen and oxygen atoms in total. The molecule has 1 aromatic carbocycles. The second-order valence-corrected chi connectivity index (χ2v) is 6.04. The van der Waals surface area contributed by atoms with E-state index in [1.165, 1.54) is 6.07 Å². The Kier molecular flexibility index (Phi) is 4.01. The van der Waals surface area contributed by atoms with Gasteiger partial charge in [-0.1, -0.05) is 36.4 Å². The lowest BCUT2D eigenvalue weighted by Crippen LogP contribution is -2.38. The molecule has 1 atom stereocenters. The van der Waals surface area contributed by atoms with Gasteiger partial charge in [-0.05, 0) is 18.2 Å². The molecule has 1 aliphatic carbocycles. The minimum Gasteiger partial charge on any atom is -0.381 e. The van der Waals surface area contributed by atoms with Crippen molar-refractivity contribution in [3.63, 3.8) is 0 Å². The van der Waals surface area contributed by atoms with Crippen LogP contribution in [-0.4, -0.2) is 24.0 Å². The normalized spacial score (nSPS) is 20.3. The molecule has 0 radical (unpaired) electrons. The van der Waals surface area contributed by atoms with Crippen LogP contribution in [0.5, 0.6) is 0 Å². The van der Waals surface area contributed by atoms with Gasteiger partial charge in [0.05, 0.1) is 11.2 Å². The van der Waals surface area contributed by atoms with Crippen LogP contribution in [0.2, 0.25) is 0 Å². The van der Waals surface area contributed by atoms with Crippen LogP contribution in [0.4, 0.5) is 4.39 Å². The Bertz CT molecular complexity index is 762. The molecule has 1 heterocycles. The van der Waals surface area contributed by atoms with Crippen LogP contribution in [0.25, 0.3) is 11.1 Å². The third kappa shape index (κ3) is 3.03. The van der Waals surface area contributed by atoms with E-state index in [0.717, 1.165) is 17.0 Å². The van der Waals surface area contributed by atoms with Crippen molar-refractivity contribution in [1.29, 1.82) is 0 Å². The fourth-order valence-corrected chi connectivity index (χ4v) is 2.76. The van der Waals surface area contributed by atoms with Crippen molar-refractivity contribution < 1.29 is 4.39 Å². The number of hydrogen-bond donors (Lipinski definition) is 1. The van der Waals surface area contributed by atoms with Gasteiger partial charge in [-0.15, -0.1) is 0 Å². The Morgan fingerprint density at radius 1 is 1.17 bits per heavy atom. The summed E-state index contributed by atoms with van der Waals surface area (Å²) in [4.78, 5) is 6.55. The van der Waals surface area contributed by atoms with E-state index >= 15 is 0 Å². The number of rotatable bonds is 3. The van der Waals surface area contributed by atoms with Gasteiger partial charge in [-0.2, -0.15) is 0 Å². The van der Waals surface area contributed by atoms with Crippen LogP contribution in [0.3, 0.4) is 0 Å². The predicted molar refractivity (Wildman–Crippen MR) is 91.0 cm³/mol. The molecule has 3 rings (SSSR count). The second kappa shape index (κ2) is 5.97. The summed E-state index contributed by atoms with van der Waals surface area (Å²) in [6, 6.07) is 10.4. The van der Waals surface area contributed by atoms with E-state index in [1.807, 2.05) is 44.4 Å². The molecule has 4 heteroatoms. The van der Waals surface area contributed by atoms with Crippen LogP contribution >= 0.6 is 0 Å². The topological polar surface area (TPSA) is 42.1 Å². The molecule has 0 spiro atoms. The summed E-state index contributed by atoms with van der Waals surface area (Å²) in [5.41, 5.74) is 9.12. The van der Waals surface area contributed by atoms with Gasteiger partial charge in [0.1, 0.15) is 5.82 Å². The first-order chi connectivity index (χ1) is 11.0. The van der Waals surface area contributed by atoms with Gasteiger partial charge >= 0.3 is 0 Å². The molecule has 0 bridgehead atoms. The van der Waals surface area contributed by atoms with Gasteiger partial charge < -0.3 is 10.6 Å². The summed E-state index contributed by atoms with van der Waals surface area (Å²) in [6.45, 7) is 0. The van der Waals surface area contributed by atoms with Crippen LogP contribution in [0.1, 0.15) is 12.1 Å². The van der Waals surface area contributed by atoms with Gasteiger partial charge in [0.2, 0.25) is 0 Å². The fraction of sp³-hybridized carbons (Fsp3) is 0.211. The van der Waals surface area contributed by atoms with Crippen molar-refractivity contribution in [2.75, 3.05) is 14.1 Å². The molecule has 0 fully saturated rings. The van der Waals surface area contributed by atoms with E-state index < -0.39 is 5.54 Å². The zero-order valence-electron chi connectivity index (χ0n) is 13.3. The number of nitrogens with two attached hydrogens (primary N) is 1. The number of hydrogen-bond acceptors (Lipinski definition) is 3. The molecule has 0 saturated carbocycles. The number of benzene rings is 1. The average molecular weight is 309 g/mol. The van der Waals surface area contributed by atoms with Crippen LogP contribution in [0, 0.1) is 5.82 Å². The first kappa shape index (κ1) is 15.4. The van der Waals surface area contributed by atoms with Gasteiger partial charge in [-0.3, -0.25) is 4.98 Å². The number of nitrogens with zero attached hydrogens (tertiary/aromatic N) is 2. The fourth-order valence-electron chi connectivity index (χ4n) is 2.76. The Morgan fingerprint density at radius 2 is 1.96 bits per heavy atom. The van der Waals surface area contributed by atoms with E-state index in [-0.39, 0.29) is 5.82 Å². The minimum atomic E-state index is -0.637. The molecule has 23 heavy (non-hydrogen) atoms. The number of allylic oxidation sites excluding steroid dienone is 2. The van der Waals surface area contributed by atoms with Gasteiger partial charge in [0.25, 0.3) is 0 Å². The Hall–Kier alpha value is -2.46. The Labute approximate surface area is 136 Å². The maximum Gasteiger partial charge on any atom is 0.131 e. The quantitative estimate of drug-likeness (QED) is 0.944. The standard InChI is InChI=1S/C19H20FN3/c1-23(2)15-6-5-11-19(21,12-15)18-10-9-14(13-22-18)16-7-3-4-8-17(16)20/h3-11,13H,12,21H2,1-2H3. The third-order valence-corrected chi connectivity index (χ3v) is 4.16. The molecular formula is C19H20FN3. The van der Waals surface area contributed by atoms with Crippen molar-refractivity contribution in [2.45, 2.75) is 12.0 Å². The second-order valence-electron chi connectivity index (χ2n) is 6.04. The molecule has 1 aliphatic rings. The van der Waals surface area contributed by atoms with Crippen molar-refractivity contribution in [1.82, 2.24) is 9.88 Å². The highest BCUT2D eigenvalue weighted by Gasteiger charge is 2.29. The highest BCUT2D eigenvalue weighted by Crippen LogP contribution is 2.31. The molecule has 0 saturated heterocycles. The zero-order valence-corrected chi connectivity index (χ0v) is 13.3. The first-order valence-corrected chi connectivity index (χ1v) is 7.56. The van der Waals surface area contributed by atoms with E-state index in [4.69, 9.17) is 5.73 Å². The number of aromatic nitrogens is 1. The summed E-state index contributed by atoms with van der Waals surface area (Å²) >= 11 is 0. The molecular weight excluding hydrogens is 289 g/mol. The number of pyridine rings is 1. The molecule has 0 aliphatic heterocycles. The largest absolute Gasteiger partial charge is 0.381 e. The molecule has 1 unspecified atom stereocenters. The van der Waals surface area contributed by atoms with Crippen molar-refractivity contribution in [3.8, 4) is 11.1 Å². The lowest BCUT2D eigenvalue weighted by Gasteiger charge is -2.32. The predicted octanol–water partition coefficient (Wildman–Crippen LogP) is 3.45. The summed E-state index contributed by atoms with van der Waals surface area (Å²) in [7, 11) is 4.00. The van der Waals surface area contributed by atoms with Crippen molar-refractivity contribution >= 4 is 0 Å². The summed E-state index contributed by atoms with van der Waals surface area (Å²) < 4.78 is 13.9. The first-order valence-electron chi connectivity index (χ1n) is 7.56. The van der Waals surface area contributed by atoms with Gasteiger partial charge in [-0.25, -0.2) is 4.39 Å². The van der Waals surface area contributed by atoms with Crippen molar-refractivity contribution in [2.24, 2.45) is 5.73 Å². The van der Waals surface area contributed by atoms with E-state index in [9.17, 15) is 4.39 Å². The minimum absolute atomic E-state index is 0.250. The number of halogens is 1. The summed E-state index contributed by atoms with van der Waals surface area (Å²) in [5, 5.41) is 0. The molecule has 118 valence electrons. The summed E-state index contributed by atoms with van der Waals surface area (Å²) in [6.07, 6.45) is 8.35. The van der Waals surface area contributed by atoms with Crippen molar-refractivity contribution in [3.05, 3.63) is 78.0 Å². The highest BCUT2D eigenvalue weighted by atomic mass is 19.1. The zero-order chi connectivity index (χ0) is 16.4. The Balaban J connectivity index is 1.90. The molecule has 0 amide bonds. The maximum absolute atomic E-state index is 13.9. The monoisotopic (exact) mass is 309 g/mol. The Morgan fingerprint density at radius 3 is 2.61 bits per heavy atom. The lowest BCUT2D eigenvalue weighted by molar-refractivity contribution is 0.419. The van der Waals surface area contributed by atoms with Crippen LogP contribution < -0.4 is 5.73 Å². The SMILES string of the molecule is CN(C)C1=CC=CC(N)(c2ccc(-c3ccccc3F)cn2)C1. The highest BCUT2D eigenvalue weighted by molar-refractivity contribution is 5.63. The molecule has 2 N–H and O–H groups in total. The van der Waals surface area contributed by atoms with E-state index in [2.05, 4.69) is 16.0 Å². The molecule has 2 aromatic rings. The third-order valence-electron chi connectivity index (χ3n) is 4.16. The summed E-state index contributed by atoms with van der Waals surface area (Å²) in [5.74, 6) is -0.250. The van der Waals surface area contributed by atoms with Crippen LogP contribution in [-0.2, 0) is 5.54 Å². The van der Waals surface area contributed by atoms with Gasteiger partial charge in [0.15, 0.2) is 0 Å².